The highest BCUT2D eigenvalue weighted by molar-refractivity contribution is 9.10. The zero-order valence-electron chi connectivity index (χ0n) is 11.8. The minimum Gasteiger partial charge on any atom is -0.496 e. The molecule has 0 aliphatic heterocycles. The van der Waals surface area contributed by atoms with E-state index in [2.05, 4.69) is 37.2 Å². The molecule has 0 heterocycles. The molecule has 0 spiro atoms. The molecular formula is C16H16Br2FNO. The van der Waals surface area contributed by atoms with E-state index in [4.69, 9.17) is 4.74 Å². The van der Waals surface area contributed by atoms with Crippen molar-refractivity contribution in [2.45, 2.75) is 13.0 Å². The first-order valence-electron chi connectivity index (χ1n) is 6.58. The highest BCUT2D eigenvalue weighted by atomic mass is 79.9. The average molecular weight is 417 g/mol. The van der Waals surface area contributed by atoms with Crippen LogP contribution in [0, 0.1) is 5.82 Å². The molecule has 2 rings (SSSR count). The van der Waals surface area contributed by atoms with Crippen LogP contribution in [0.4, 0.5) is 4.39 Å². The van der Waals surface area contributed by atoms with Gasteiger partial charge in [-0.3, -0.25) is 0 Å². The first kappa shape index (κ1) is 16.5. The standard InChI is InChI=1S/C16H16Br2FNO/c1-3-20-16(10-4-6-13(18)14(19)8-10)12-9-11(17)5-7-15(12)21-2/h4-9,16,20H,3H2,1-2H3. The maximum absolute atomic E-state index is 13.8. The quantitative estimate of drug-likeness (QED) is 0.735. The van der Waals surface area contributed by atoms with Crippen molar-refractivity contribution in [2.24, 2.45) is 0 Å². The lowest BCUT2D eigenvalue weighted by Crippen LogP contribution is -2.22. The Labute approximate surface area is 141 Å². The van der Waals surface area contributed by atoms with Crippen molar-refractivity contribution < 1.29 is 9.13 Å². The molecule has 2 aromatic rings. The number of hydrogen-bond donors (Lipinski definition) is 1. The molecule has 0 saturated heterocycles. The zero-order valence-corrected chi connectivity index (χ0v) is 15.0. The van der Waals surface area contributed by atoms with Crippen LogP contribution >= 0.6 is 31.9 Å². The van der Waals surface area contributed by atoms with E-state index in [-0.39, 0.29) is 11.9 Å². The first-order chi connectivity index (χ1) is 10.1. The fourth-order valence-electron chi connectivity index (χ4n) is 2.23. The number of halogens is 3. The van der Waals surface area contributed by atoms with Crippen molar-refractivity contribution in [3.05, 3.63) is 62.3 Å². The van der Waals surface area contributed by atoms with E-state index in [1.165, 1.54) is 6.07 Å². The van der Waals surface area contributed by atoms with Crippen molar-refractivity contribution >= 4 is 31.9 Å². The van der Waals surface area contributed by atoms with Gasteiger partial charge in [0, 0.05) is 10.0 Å². The number of hydrogen-bond acceptors (Lipinski definition) is 2. The van der Waals surface area contributed by atoms with Gasteiger partial charge >= 0.3 is 0 Å². The lowest BCUT2D eigenvalue weighted by atomic mass is 9.97. The van der Waals surface area contributed by atoms with E-state index in [0.29, 0.717) is 4.47 Å². The van der Waals surface area contributed by atoms with Crippen LogP contribution in [0.2, 0.25) is 0 Å². The molecule has 2 nitrogen and oxygen atoms in total. The molecule has 1 unspecified atom stereocenters. The summed E-state index contributed by atoms with van der Waals surface area (Å²) in [7, 11) is 1.64. The molecule has 0 aromatic heterocycles. The highest BCUT2D eigenvalue weighted by Gasteiger charge is 2.19. The third kappa shape index (κ3) is 3.84. The van der Waals surface area contributed by atoms with Crippen molar-refractivity contribution in [3.8, 4) is 5.75 Å². The number of ether oxygens (including phenoxy) is 1. The molecule has 0 amide bonds. The Morgan fingerprint density at radius 1 is 1.19 bits per heavy atom. The van der Waals surface area contributed by atoms with Crippen LogP contribution in [-0.2, 0) is 0 Å². The van der Waals surface area contributed by atoms with E-state index >= 15 is 0 Å². The molecule has 112 valence electrons. The average Bonchev–Trinajstić information content (AvgIpc) is 2.48. The first-order valence-corrected chi connectivity index (χ1v) is 8.17. The van der Waals surface area contributed by atoms with Gasteiger partial charge in [0.25, 0.3) is 0 Å². The van der Waals surface area contributed by atoms with Gasteiger partial charge in [0.2, 0.25) is 0 Å². The Bertz CT molecular complexity index is 634. The van der Waals surface area contributed by atoms with Gasteiger partial charge in [0.15, 0.2) is 0 Å². The van der Waals surface area contributed by atoms with E-state index in [1.54, 1.807) is 13.2 Å². The summed E-state index contributed by atoms with van der Waals surface area (Å²) >= 11 is 6.66. The summed E-state index contributed by atoms with van der Waals surface area (Å²) in [6, 6.07) is 10.8. The number of nitrogens with one attached hydrogen (secondary N) is 1. The summed E-state index contributed by atoms with van der Waals surface area (Å²) in [6.45, 7) is 2.78. The van der Waals surface area contributed by atoms with Crippen LogP contribution in [0.5, 0.6) is 5.75 Å². The lowest BCUT2D eigenvalue weighted by Gasteiger charge is -2.22. The van der Waals surface area contributed by atoms with Gasteiger partial charge in [0.1, 0.15) is 11.6 Å². The summed E-state index contributed by atoms with van der Waals surface area (Å²) in [5, 5.41) is 3.38. The second kappa shape index (κ2) is 7.38. The smallest absolute Gasteiger partial charge is 0.137 e. The van der Waals surface area contributed by atoms with Crippen molar-refractivity contribution in [3.63, 3.8) is 0 Å². The highest BCUT2D eigenvalue weighted by Crippen LogP contribution is 2.33. The van der Waals surface area contributed by atoms with Crippen LogP contribution in [0.3, 0.4) is 0 Å². The van der Waals surface area contributed by atoms with Crippen molar-refractivity contribution in [1.29, 1.82) is 0 Å². The Morgan fingerprint density at radius 3 is 2.57 bits per heavy atom. The zero-order chi connectivity index (χ0) is 15.4. The van der Waals surface area contributed by atoms with Crippen LogP contribution in [0.25, 0.3) is 0 Å². The van der Waals surface area contributed by atoms with Crippen molar-refractivity contribution in [2.75, 3.05) is 13.7 Å². The van der Waals surface area contributed by atoms with E-state index in [9.17, 15) is 4.39 Å². The molecule has 0 aliphatic carbocycles. The summed E-state index contributed by atoms with van der Waals surface area (Å²) in [5.74, 6) is 0.497. The third-order valence-corrected chi connectivity index (χ3v) is 4.32. The van der Waals surface area contributed by atoms with E-state index in [0.717, 1.165) is 27.9 Å². The molecule has 0 radical (unpaired) electrons. The monoisotopic (exact) mass is 415 g/mol. The normalized spacial score (nSPS) is 12.2. The number of rotatable bonds is 5. The van der Waals surface area contributed by atoms with Crippen LogP contribution < -0.4 is 10.1 Å². The molecule has 0 saturated carbocycles. The topological polar surface area (TPSA) is 21.3 Å². The van der Waals surface area contributed by atoms with Gasteiger partial charge in [-0.25, -0.2) is 4.39 Å². The van der Waals surface area contributed by atoms with Crippen LogP contribution in [-0.4, -0.2) is 13.7 Å². The van der Waals surface area contributed by atoms with Gasteiger partial charge in [-0.15, -0.1) is 0 Å². The van der Waals surface area contributed by atoms with E-state index in [1.807, 2.05) is 31.2 Å². The number of benzene rings is 2. The van der Waals surface area contributed by atoms with Crippen LogP contribution in [0.15, 0.2) is 45.3 Å². The molecule has 1 atom stereocenters. The van der Waals surface area contributed by atoms with Crippen molar-refractivity contribution in [1.82, 2.24) is 5.32 Å². The molecule has 2 aromatic carbocycles. The van der Waals surface area contributed by atoms with Gasteiger partial charge in [0.05, 0.1) is 17.6 Å². The second-order valence-electron chi connectivity index (χ2n) is 4.55. The maximum Gasteiger partial charge on any atom is 0.137 e. The molecule has 21 heavy (non-hydrogen) atoms. The molecular weight excluding hydrogens is 401 g/mol. The SMILES string of the molecule is CCNC(c1ccc(Br)c(F)c1)c1cc(Br)ccc1OC. The second-order valence-corrected chi connectivity index (χ2v) is 6.32. The minimum atomic E-state index is -0.274. The Hall–Kier alpha value is -0.910. The van der Waals surface area contributed by atoms with Crippen LogP contribution in [0.1, 0.15) is 24.1 Å². The Morgan fingerprint density at radius 2 is 1.95 bits per heavy atom. The van der Waals surface area contributed by atoms with Gasteiger partial charge in [-0.05, 0) is 58.4 Å². The summed E-state index contributed by atoms with van der Waals surface area (Å²) in [5.41, 5.74) is 1.82. The fourth-order valence-corrected chi connectivity index (χ4v) is 2.86. The number of methoxy groups -OCH3 is 1. The summed E-state index contributed by atoms with van der Waals surface area (Å²) in [4.78, 5) is 0. The van der Waals surface area contributed by atoms with Gasteiger partial charge < -0.3 is 10.1 Å². The van der Waals surface area contributed by atoms with Gasteiger partial charge in [-0.2, -0.15) is 0 Å². The third-order valence-electron chi connectivity index (χ3n) is 3.19. The Balaban J connectivity index is 2.52. The molecule has 0 fully saturated rings. The predicted molar refractivity (Wildman–Crippen MR) is 90.3 cm³/mol. The summed E-state index contributed by atoms with van der Waals surface area (Å²) < 4.78 is 20.7. The molecule has 5 heteroatoms. The lowest BCUT2D eigenvalue weighted by molar-refractivity contribution is 0.404. The minimum absolute atomic E-state index is 0.134. The van der Waals surface area contributed by atoms with Gasteiger partial charge in [-0.1, -0.05) is 28.9 Å². The summed E-state index contributed by atoms with van der Waals surface area (Å²) in [6.07, 6.45) is 0. The Kier molecular flexibility index (Phi) is 5.79. The maximum atomic E-state index is 13.8. The largest absolute Gasteiger partial charge is 0.496 e. The fraction of sp³-hybridized carbons (Fsp3) is 0.250. The van der Waals surface area contributed by atoms with E-state index < -0.39 is 0 Å². The molecule has 0 aliphatic rings. The molecule has 1 N–H and O–H groups in total. The predicted octanol–water partition coefficient (Wildman–Crippen LogP) is 5.06. The molecule has 0 bridgehead atoms.